The Kier molecular flexibility index (Phi) is 5.81. The van der Waals surface area contributed by atoms with Crippen LogP contribution in [0.25, 0.3) is 6.08 Å². The van der Waals surface area contributed by atoms with E-state index in [2.05, 4.69) is 18.3 Å². The molecule has 0 aliphatic carbocycles. The first-order valence-electron chi connectivity index (χ1n) is 5.25. The van der Waals surface area contributed by atoms with Gasteiger partial charge in [0.05, 0.1) is 6.26 Å². The Morgan fingerprint density at radius 3 is 3.13 bits per heavy atom. The molecule has 1 atom stereocenters. The standard InChI is InChI=1S/C12H19NO2/c1-11(7-10-14-2)13-8-3-5-12-6-4-9-15-12/h3-6,9,11,13H,7-8,10H2,1-2H3/b5-3+. The van der Waals surface area contributed by atoms with Gasteiger partial charge in [-0.25, -0.2) is 0 Å². The van der Waals surface area contributed by atoms with Crippen molar-refractivity contribution in [3.05, 3.63) is 30.2 Å². The van der Waals surface area contributed by atoms with Gasteiger partial charge in [-0.05, 0) is 31.6 Å². The number of nitrogens with one attached hydrogen (secondary N) is 1. The molecule has 0 aliphatic rings. The summed E-state index contributed by atoms with van der Waals surface area (Å²) in [5.74, 6) is 0.890. The fourth-order valence-electron chi connectivity index (χ4n) is 1.23. The summed E-state index contributed by atoms with van der Waals surface area (Å²) in [6.07, 6.45) is 6.73. The molecule has 3 nitrogen and oxygen atoms in total. The van der Waals surface area contributed by atoms with Crippen LogP contribution >= 0.6 is 0 Å². The summed E-state index contributed by atoms with van der Waals surface area (Å²) in [5, 5.41) is 3.37. The van der Waals surface area contributed by atoms with Crippen molar-refractivity contribution in [3.8, 4) is 0 Å². The Balaban J connectivity index is 2.10. The van der Waals surface area contributed by atoms with Crippen LogP contribution in [0.2, 0.25) is 0 Å². The third-order valence-electron chi connectivity index (χ3n) is 2.16. The molecular formula is C12H19NO2. The lowest BCUT2D eigenvalue weighted by molar-refractivity contribution is 0.185. The normalized spacial score (nSPS) is 13.5. The highest BCUT2D eigenvalue weighted by Crippen LogP contribution is 2.01. The predicted molar refractivity (Wildman–Crippen MR) is 61.7 cm³/mol. The van der Waals surface area contributed by atoms with Crippen molar-refractivity contribution in [2.75, 3.05) is 20.3 Å². The molecule has 0 aromatic carbocycles. The van der Waals surface area contributed by atoms with Crippen LogP contribution in [0.15, 0.2) is 28.9 Å². The Morgan fingerprint density at radius 1 is 1.60 bits per heavy atom. The molecule has 0 amide bonds. The van der Waals surface area contributed by atoms with E-state index in [-0.39, 0.29) is 0 Å². The van der Waals surface area contributed by atoms with Crippen LogP contribution in [-0.4, -0.2) is 26.3 Å². The first-order valence-corrected chi connectivity index (χ1v) is 5.25. The molecule has 3 heteroatoms. The van der Waals surface area contributed by atoms with Crippen molar-refractivity contribution in [2.24, 2.45) is 0 Å². The van der Waals surface area contributed by atoms with Crippen LogP contribution in [0.4, 0.5) is 0 Å². The van der Waals surface area contributed by atoms with Crippen molar-refractivity contribution < 1.29 is 9.15 Å². The smallest absolute Gasteiger partial charge is 0.126 e. The molecule has 0 radical (unpaired) electrons. The van der Waals surface area contributed by atoms with Gasteiger partial charge in [0.2, 0.25) is 0 Å². The van der Waals surface area contributed by atoms with E-state index < -0.39 is 0 Å². The molecule has 1 rings (SSSR count). The van der Waals surface area contributed by atoms with Crippen molar-refractivity contribution in [1.29, 1.82) is 0 Å². The summed E-state index contributed by atoms with van der Waals surface area (Å²) < 4.78 is 10.2. The average Bonchev–Trinajstić information content (AvgIpc) is 2.74. The SMILES string of the molecule is COCCC(C)NC/C=C/c1ccco1. The van der Waals surface area contributed by atoms with Crippen LogP contribution in [0.3, 0.4) is 0 Å². The van der Waals surface area contributed by atoms with E-state index >= 15 is 0 Å². The lowest BCUT2D eigenvalue weighted by atomic mass is 10.2. The second kappa shape index (κ2) is 7.26. The summed E-state index contributed by atoms with van der Waals surface area (Å²) in [6, 6.07) is 4.30. The van der Waals surface area contributed by atoms with Crippen molar-refractivity contribution in [2.45, 2.75) is 19.4 Å². The number of ether oxygens (including phenoxy) is 1. The molecule has 0 saturated carbocycles. The van der Waals surface area contributed by atoms with Crippen LogP contribution in [0.1, 0.15) is 19.1 Å². The number of hydrogen-bond donors (Lipinski definition) is 1. The zero-order chi connectivity index (χ0) is 10.9. The van der Waals surface area contributed by atoms with Gasteiger partial charge in [0.15, 0.2) is 0 Å². The van der Waals surface area contributed by atoms with Gasteiger partial charge in [-0.1, -0.05) is 6.08 Å². The first-order chi connectivity index (χ1) is 7.33. The Hall–Kier alpha value is -1.06. The zero-order valence-corrected chi connectivity index (χ0v) is 9.40. The molecule has 0 spiro atoms. The molecular weight excluding hydrogens is 190 g/mol. The molecule has 84 valence electrons. The van der Waals surface area contributed by atoms with Gasteiger partial charge in [0, 0.05) is 26.3 Å². The summed E-state index contributed by atoms with van der Waals surface area (Å²) in [6.45, 7) is 3.81. The lowest BCUT2D eigenvalue weighted by Crippen LogP contribution is -2.27. The number of furan rings is 1. The van der Waals surface area contributed by atoms with Crippen molar-refractivity contribution >= 4 is 6.08 Å². The largest absolute Gasteiger partial charge is 0.465 e. The molecule has 0 aliphatic heterocycles. The molecule has 1 heterocycles. The number of hydrogen-bond acceptors (Lipinski definition) is 3. The van der Waals surface area contributed by atoms with Gasteiger partial charge in [-0.3, -0.25) is 0 Å². The number of methoxy groups -OCH3 is 1. The molecule has 1 unspecified atom stereocenters. The summed E-state index contributed by atoms with van der Waals surface area (Å²) in [7, 11) is 1.73. The second-order valence-electron chi connectivity index (χ2n) is 3.51. The van der Waals surface area contributed by atoms with Gasteiger partial charge in [0.1, 0.15) is 5.76 Å². The molecule has 0 bridgehead atoms. The highest BCUT2D eigenvalue weighted by Gasteiger charge is 1.97. The highest BCUT2D eigenvalue weighted by molar-refractivity contribution is 5.42. The van der Waals surface area contributed by atoms with Crippen LogP contribution < -0.4 is 5.32 Å². The van der Waals surface area contributed by atoms with E-state index in [0.717, 1.165) is 25.3 Å². The minimum absolute atomic E-state index is 0.478. The van der Waals surface area contributed by atoms with Crippen molar-refractivity contribution in [1.82, 2.24) is 5.32 Å². The van der Waals surface area contributed by atoms with Crippen LogP contribution in [-0.2, 0) is 4.74 Å². The topological polar surface area (TPSA) is 34.4 Å². The van der Waals surface area contributed by atoms with Crippen LogP contribution in [0.5, 0.6) is 0 Å². The monoisotopic (exact) mass is 209 g/mol. The molecule has 1 N–H and O–H groups in total. The molecule has 0 fully saturated rings. The Morgan fingerprint density at radius 2 is 2.47 bits per heavy atom. The molecule has 15 heavy (non-hydrogen) atoms. The van der Waals surface area contributed by atoms with Gasteiger partial charge in [0.25, 0.3) is 0 Å². The maximum absolute atomic E-state index is 5.17. The van der Waals surface area contributed by atoms with E-state index in [1.807, 2.05) is 18.2 Å². The van der Waals surface area contributed by atoms with E-state index in [1.54, 1.807) is 13.4 Å². The summed E-state index contributed by atoms with van der Waals surface area (Å²) in [5.41, 5.74) is 0. The fourth-order valence-corrected chi connectivity index (χ4v) is 1.23. The van der Waals surface area contributed by atoms with Gasteiger partial charge >= 0.3 is 0 Å². The summed E-state index contributed by atoms with van der Waals surface area (Å²) >= 11 is 0. The maximum Gasteiger partial charge on any atom is 0.126 e. The number of rotatable bonds is 7. The van der Waals surface area contributed by atoms with E-state index in [4.69, 9.17) is 9.15 Å². The quantitative estimate of drug-likeness (QED) is 0.748. The minimum Gasteiger partial charge on any atom is -0.465 e. The third kappa shape index (κ3) is 5.40. The van der Waals surface area contributed by atoms with E-state index in [0.29, 0.717) is 6.04 Å². The zero-order valence-electron chi connectivity index (χ0n) is 9.40. The van der Waals surface area contributed by atoms with Gasteiger partial charge in [-0.15, -0.1) is 0 Å². The molecule has 1 aromatic heterocycles. The maximum atomic E-state index is 5.17. The Labute approximate surface area is 91.1 Å². The van der Waals surface area contributed by atoms with Crippen LogP contribution in [0, 0.1) is 0 Å². The summed E-state index contributed by atoms with van der Waals surface area (Å²) in [4.78, 5) is 0. The second-order valence-corrected chi connectivity index (χ2v) is 3.51. The molecule has 0 saturated heterocycles. The van der Waals surface area contributed by atoms with Crippen molar-refractivity contribution in [3.63, 3.8) is 0 Å². The van der Waals surface area contributed by atoms with Gasteiger partial charge in [-0.2, -0.15) is 0 Å². The predicted octanol–water partition coefficient (Wildman–Crippen LogP) is 2.31. The minimum atomic E-state index is 0.478. The first kappa shape index (κ1) is 12.0. The molecule has 1 aromatic rings. The third-order valence-corrected chi connectivity index (χ3v) is 2.16. The average molecular weight is 209 g/mol. The van der Waals surface area contributed by atoms with E-state index in [1.165, 1.54) is 0 Å². The van der Waals surface area contributed by atoms with E-state index in [9.17, 15) is 0 Å². The van der Waals surface area contributed by atoms with Gasteiger partial charge < -0.3 is 14.5 Å². The fraction of sp³-hybridized carbons (Fsp3) is 0.500. The highest BCUT2D eigenvalue weighted by atomic mass is 16.5. The Bertz CT molecular complexity index is 267. The lowest BCUT2D eigenvalue weighted by Gasteiger charge is -2.10.